The van der Waals surface area contributed by atoms with Gasteiger partial charge in [-0.1, -0.05) is 18.2 Å². The van der Waals surface area contributed by atoms with E-state index in [1.807, 2.05) is 12.1 Å². The van der Waals surface area contributed by atoms with Crippen molar-refractivity contribution in [1.82, 2.24) is 9.13 Å². The van der Waals surface area contributed by atoms with E-state index in [2.05, 4.69) is 0 Å². The standard InChI is InChI=1S/C26H31N4O10P/c1-25(2,11-13-27)39-41(36,40-26(3,4)12-14-28)38-21-18(16-31)37-23(20(21)33)29-15-10-19(32)30(24(29)35)22(34)17-8-6-5-7-9-17/h5-10,15,18,20-21,23,31,33H,11-12,16H2,1-4H3/t18-,20-,21-,23-/m1/s1. The number of nitrogens with zero attached hydrogens (tertiary/aromatic N) is 4. The normalized spacial score (nSPS) is 21.3. The van der Waals surface area contributed by atoms with Crippen LogP contribution < -0.4 is 11.2 Å². The van der Waals surface area contributed by atoms with Crippen molar-refractivity contribution >= 4 is 13.7 Å². The van der Waals surface area contributed by atoms with E-state index >= 15 is 0 Å². The highest BCUT2D eigenvalue weighted by molar-refractivity contribution is 7.48. The second kappa shape index (κ2) is 12.6. The number of hydrogen-bond donors (Lipinski definition) is 2. The van der Waals surface area contributed by atoms with Gasteiger partial charge in [-0.3, -0.25) is 27.7 Å². The molecule has 2 N–H and O–H groups in total. The molecule has 2 aromatic rings. The summed E-state index contributed by atoms with van der Waals surface area (Å²) in [6.07, 6.45) is -5.87. The van der Waals surface area contributed by atoms with Crippen molar-refractivity contribution in [1.29, 1.82) is 10.5 Å². The van der Waals surface area contributed by atoms with Gasteiger partial charge in [0.1, 0.15) is 18.3 Å². The number of nitriles is 2. The van der Waals surface area contributed by atoms with Gasteiger partial charge in [0.05, 0.1) is 42.8 Å². The van der Waals surface area contributed by atoms with Crippen molar-refractivity contribution in [2.75, 3.05) is 6.61 Å². The Kier molecular flexibility index (Phi) is 9.85. The molecular weight excluding hydrogens is 559 g/mol. The molecule has 4 atom stereocenters. The summed E-state index contributed by atoms with van der Waals surface area (Å²) in [6, 6.07) is 12.3. The second-order valence-electron chi connectivity index (χ2n) is 10.5. The maximum Gasteiger partial charge on any atom is 0.476 e. The Labute approximate surface area is 235 Å². The van der Waals surface area contributed by atoms with Crippen LogP contribution in [0.3, 0.4) is 0 Å². The van der Waals surface area contributed by atoms with Gasteiger partial charge in [-0.2, -0.15) is 15.1 Å². The van der Waals surface area contributed by atoms with Gasteiger partial charge in [-0.05, 0) is 39.8 Å². The number of ether oxygens (including phenoxy) is 1. The lowest BCUT2D eigenvalue weighted by Crippen LogP contribution is -2.46. The van der Waals surface area contributed by atoms with E-state index in [1.165, 1.54) is 39.8 Å². The van der Waals surface area contributed by atoms with Crippen LogP contribution in [0.2, 0.25) is 0 Å². The summed E-state index contributed by atoms with van der Waals surface area (Å²) in [7, 11) is -4.71. The number of carbonyl (C=O) groups is 1. The minimum absolute atomic E-state index is 0.0574. The Morgan fingerprint density at radius 3 is 2.12 bits per heavy atom. The predicted molar refractivity (Wildman–Crippen MR) is 141 cm³/mol. The summed E-state index contributed by atoms with van der Waals surface area (Å²) in [5, 5.41) is 39.5. The van der Waals surface area contributed by atoms with Gasteiger partial charge in [0.15, 0.2) is 6.23 Å². The van der Waals surface area contributed by atoms with Crippen molar-refractivity contribution in [3.8, 4) is 12.1 Å². The quantitative estimate of drug-likeness (QED) is 0.360. The zero-order valence-electron chi connectivity index (χ0n) is 22.9. The maximum atomic E-state index is 13.9. The first kappa shape index (κ1) is 32.1. The van der Waals surface area contributed by atoms with Gasteiger partial charge in [-0.25, -0.2) is 9.36 Å². The lowest BCUT2D eigenvalue weighted by Gasteiger charge is -2.34. The van der Waals surface area contributed by atoms with E-state index in [1.54, 1.807) is 18.2 Å². The molecule has 1 aromatic heterocycles. The van der Waals surface area contributed by atoms with Gasteiger partial charge < -0.3 is 14.9 Å². The number of aliphatic hydroxyl groups excluding tert-OH is 2. The van der Waals surface area contributed by atoms with Crippen LogP contribution in [0.5, 0.6) is 0 Å². The van der Waals surface area contributed by atoms with E-state index in [0.717, 1.165) is 16.8 Å². The van der Waals surface area contributed by atoms with Crippen LogP contribution in [0, 0.1) is 22.7 Å². The Bertz CT molecular complexity index is 1470. The minimum atomic E-state index is -4.71. The summed E-state index contributed by atoms with van der Waals surface area (Å²) in [5.41, 5.74) is -4.74. The molecule has 0 saturated carbocycles. The van der Waals surface area contributed by atoms with Gasteiger partial charge in [0.25, 0.3) is 11.5 Å². The largest absolute Gasteiger partial charge is 0.476 e. The highest BCUT2D eigenvalue weighted by Crippen LogP contribution is 2.58. The summed E-state index contributed by atoms with van der Waals surface area (Å²) in [5.74, 6) is -0.917. The number of aliphatic hydroxyl groups is 2. The Hall–Kier alpha value is -3.46. The molecule has 3 rings (SSSR count). The van der Waals surface area contributed by atoms with Crippen molar-refractivity contribution < 1.29 is 37.9 Å². The third-order valence-corrected chi connectivity index (χ3v) is 7.91. The molecule has 14 nitrogen and oxygen atoms in total. The molecule has 0 spiro atoms. The molecule has 1 aliphatic rings. The van der Waals surface area contributed by atoms with E-state index < -0.39 is 67.3 Å². The molecule has 1 aromatic carbocycles. The molecular formula is C26H31N4O10P. The Morgan fingerprint density at radius 2 is 1.61 bits per heavy atom. The third-order valence-electron chi connectivity index (χ3n) is 5.98. The average molecular weight is 591 g/mol. The highest BCUT2D eigenvalue weighted by Gasteiger charge is 2.52. The predicted octanol–water partition coefficient (Wildman–Crippen LogP) is 1.86. The first-order valence-corrected chi connectivity index (χ1v) is 14.0. The van der Waals surface area contributed by atoms with Crippen LogP contribution in [0.25, 0.3) is 0 Å². The molecule has 15 heteroatoms. The SMILES string of the molecule is CC(C)(CC#N)OP(=O)(O[C@H]1[C@@H](O)[C@H](n2ccc(=O)n(C(=O)c3ccccc3)c2=O)O[C@@H]1CO)OC(C)(C)CC#N. The monoisotopic (exact) mass is 590 g/mol. The zero-order chi connectivity index (χ0) is 30.6. The van der Waals surface area contributed by atoms with Crippen LogP contribution in [0.4, 0.5) is 0 Å². The number of aromatic nitrogens is 2. The lowest BCUT2D eigenvalue weighted by molar-refractivity contribution is -0.0606. The number of hydrogen-bond acceptors (Lipinski definition) is 12. The van der Waals surface area contributed by atoms with Crippen LogP contribution in [0.1, 0.15) is 57.1 Å². The van der Waals surface area contributed by atoms with E-state index in [0.29, 0.717) is 4.57 Å². The molecule has 1 saturated heterocycles. The highest BCUT2D eigenvalue weighted by atomic mass is 31.2. The molecule has 41 heavy (non-hydrogen) atoms. The number of carbonyl (C=O) groups excluding carboxylic acids is 1. The molecule has 1 aliphatic heterocycles. The van der Waals surface area contributed by atoms with Crippen molar-refractivity contribution in [2.24, 2.45) is 0 Å². The molecule has 0 unspecified atom stereocenters. The number of benzene rings is 1. The van der Waals surface area contributed by atoms with Crippen molar-refractivity contribution in [3.05, 3.63) is 69.0 Å². The molecule has 220 valence electrons. The van der Waals surface area contributed by atoms with Crippen molar-refractivity contribution in [2.45, 2.75) is 76.3 Å². The summed E-state index contributed by atoms with van der Waals surface area (Å²) in [4.78, 5) is 38.7. The summed E-state index contributed by atoms with van der Waals surface area (Å²) < 4.78 is 37.6. The molecule has 2 heterocycles. The lowest BCUT2D eigenvalue weighted by atomic mass is 10.1. The summed E-state index contributed by atoms with van der Waals surface area (Å²) in [6.45, 7) is 5.03. The zero-order valence-corrected chi connectivity index (χ0v) is 23.8. The third kappa shape index (κ3) is 7.44. The fourth-order valence-corrected chi connectivity index (χ4v) is 6.09. The Balaban J connectivity index is 2.00. The van der Waals surface area contributed by atoms with Crippen LogP contribution >= 0.6 is 7.82 Å². The molecule has 0 bridgehead atoms. The molecule has 0 amide bonds. The van der Waals surface area contributed by atoms with Crippen LogP contribution in [-0.4, -0.2) is 61.4 Å². The molecule has 1 fully saturated rings. The second-order valence-corrected chi connectivity index (χ2v) is 11.9. The first-order chi connectivity index (χ1) is 19.2. The molecule has 0 radical (unpaired) electrons. The molecule has 0 aliphatic carbocycles. The van der Waals surface area contributed by atoms with Crippen LogP contribution in [-0.2, 0) is 22.9 Å². The number of rotatable bonds is 11. The fourth-order valence-electron chi connectivity index (χ4n) is 4.07. The van der Waals surface area contributed by atoms with Gasteiger partial charge >= 0.3 is 13.5 Å². The minimum Gasteiger partial charge on any atom is -0.394 e. The Morgan fingerprint density at radius 1 is 1.05 bits per heavy atom. The summed E-state index contributed by atoms with van der Waals surface area (Å²) >= 11 is 0. The average Bonchev–Trinajstić information content (AvgIpc) is 3.17. The first-order valence-electron chi connectivity index (χ1n) is 12.5. The topological polar surface area (TPSA) is 203 Å². The van der Waals surface area contributed by atoms with Crippen LogP contribution in [0.15, 0.2) is 52.2 Å². The maximum absolute atomic E-state index is 13.9. The van der Waals surface area contributed by atoms with Gasteiger partial charge in [0.2, 0.25) is 0 Å². The smallest absolute Gasteiger partial charge is 0.394 e. The van der Waals surface area contributed by atoms with E-state index in [4.69, 9.17) is 28.8 Å². The number of phosphoric acid groups is 1. The van der Waals surface area contributed by atoms with Gasteiger partial charge in [-0.15, -0.1) is 0 Å². The van der Waals surface area contributed by atoms with Crippen molar-refractivity contribution in [3.63, 3.8) is 0 Å². The van der Waals surface area contributed by atoms with E-state index in [9.17, 15) is 29.2 Å². The van der Waals surface area contributed by atoms with E-state index in [-0.39, 0.29) is 18.4 Å². The fraction of sp³-hybridized carbons (Fsp3) is 0.500. The van der Waals surface area contributed by atoms with Gasteiger partial charge in [0, 0.05) is 17.8 Å². The number of phosphoric ester groups is 1.